The average Bonchev–Trinajstić information content (AvgIpc) is 2.89. The predicted octanol–water partition coefficient (Wildman–Crippen LogP) is 3.04. The number of carboxylic acids is 1. The van der Waals surface area contributed by atoms with Gasteiger partial charge in [-0.05, 0) is 48.6 Å². The second-order valence-electron chi connectivity index (χ2n) is 6.04. The van der Waals surface area contributed by atoms with Crippen molar-refractivity contribution in [2.75, 3.05) is 0 Å². The van der Waals surface area contributed by atoms with Crippen LogP contribution in [0.2, 0.25) is 0 Å². The molecule has 4 heteroatoms. The monoisotopic (exact) mass is 309 g/mol. The molecule has 0 radical (unpaired) electrons. The van der Waals surface area contributed by atoms with Crippen LogP contribution >= 0.6 is 0 Å². The summed E-state index contributed by atoms with van der Waals surface area (Å²) in [6.45, 7) is 2.07. The first-order valence-electron chi connectivity index (χ1n) is 7.74. The highest BCUT2D eigenvalue weighted by Gasteiger charge is 2.23. The summed E-state index contributed by atoms with van der Waals surface area (Å²) in [6.07, 6.45) is 2.09. The summed E-state index contributed by atoms with van der Waals surface area (Å²) in [7, 11) is 0. The number of carbonyl (C=O) groups is 2. The molecule has 2 N–H and O–H groups in total. The van der Waals surface area contributed by atoms with Gasteiger partial charge in [0.25, 0.3) is 0 Å². The number of amides is 1. The maximum absolute atomic E-state index is 12.3. The molecule has 4 nitrogen and oxygen atoms in total. The molecule has 0 saturated heterocycles. The fourth-order valence-electron chi connectivity index (χ4n) is 3.14. The topological polar surface area (TPSA) is 66.4 Å². The third kappa shape index (κ3) is 3.42. The number of aromatic carboxylic acids is 1. The fraction of sp³-hybridized carbons (Fsp3) is 0.263. The summed E-state index contributed by atoms with van der Waals surface area (Å²) in [5.74, 6) is -1.06. The van der Waals surface area contributed by atoms with Gasteiger partial charge in [0.05, 0.1) is 18.0 Å². The minimum absolute atomic E-state index is 0.0563. The lowest BCUT2D eigenvalue weighted by Gasteiger charge is -2.14. The largest absolute Gasteiger partial charge is 0.478 e. The van der Waals surface area contributed by atoms with E-state index in [1.807, 2.05) is 0 Å². The number of carboxylic acid groups (broad SMARTS) is 1. The zero-order valence-corrected chi connectivity index (χ0v) is 13.0. The van der Waals surface area contributed by atoms with E-state index >= 15 is 0 Å². The molecule has 1 amide bonds. The lowest BCUT2D eigenvalue weighted by atomic mass is 10.0. The van der Waals surface area contributed by atoms with Crippen molar-refractivity contribution in [3.8, 4) is 0 Å². The van der Waals surface area contributed by atoms with Gasteiger partial charge in [-0.1, -0.05) is 35.9 Å². The molecule has 23 heavy (non-hydrogen) atoms. The van der Waals surface area contributed by atoms with E-state index in [4.69, 9.17) is 5.11 Å². The van der Waals surface area contributed by atoms with Crippen molar-refractivity contribution in [1.29, 1.82) is 0 Å². The van der Waals surface area contributed by atoms with Crippen LogP contribution in [0.4, 0.5) is 0 Å². The molecule has 0 aliphatic heterocycles. The van der Waals surface area contributed by atoms with Crippen LogP contribution in [-0.4, -0.2) is 17.0 Å². The standard InChI is InChI=1S/C19H19NO3/c1-12-5-7-16-14(9-12)6-8-17(16)20-18(21)11-13-3-2-4-15(10-13)19(22)23/h2-5,7,9-10,17H,6,8,11H2,1H3,(H,20,21)(H,22,23). The van der Waals surface area contributed by atoms with E-state index in [9.17, 15) is 9.59 Å². The van der Waals surface area contributed by atoms with Crippen LogP contribution in [0, 0.1) is 6.92 Å². The summed E-state index contributed by atoms with van der Waals surface area (Å²) in [4.78, 5) is 23.2. The molecule has 1 unspecified atom stereocenters. The molecule has 1 aliphatic carbocycles. The van der Waals surface area contributed by atoms with Gasteiger partial charge in [-0.25, -0.2) is 4.79 Å². The Morgan fingerprint density at radius 3 is 2.83 bits per heavy atom. The van der Waals surface area contributed by atoms with Crippen molar-refractivity contribution in [3.05, 3.63) is 70.3 Å². The molecule has 0 spiro atoms. The summed E-state index contributed by atoms with van der Waals surface area (Å²) < 4.78 is 0. The molecule has 0 aromatic heterocycles. The maximum Gasteiger partial charge on any atom is 0.335 e. The Kier molecular flexibility index (Phi) is 4.15. The zero-order valence-electron chi connectivity index (χ0n) is 13.0. The number of rotatable bonds is 4. The number of hydrogen-bond acceptors (Lipinski definition) is 2. The Balaban J connectivity index is 1.67. The molecule has 118 valence electrons. The number of hydrogen-bond donors (Lipinski definition) is 2. The van der Waals surface area contributed by atoms with Crippen molar-refractivity contribution in [1.82, 2.24) is 5.32 Å². The molecule has 2 aromatic carbocycles. The van der Waals surface area contributed by atoms with Crippen LogP contribution in [0.1, 0.15) is 45.1 Å². The van der Waals surface area contributed by atoms with E-state index in [0.29, 0.717) is 5.56 Å². The van der Waals surface area contributed by atoms with Gasteiger partial charge in [-0.15, -0.1) is 0 Å². The zero-order chi connectivity index (χ0) is 16.4. The molecule has 0 heterocycles. The number of fused-ring (bicyclic) bond motifs is 1. The average molecular weight is 309 g/mol. The molecule has 0 bridgehead atoms. The Morgan fingerprint density at radius 1 is 1.22 bits per heavy atom. The summed E-state index contributed by atoms with van der Waals surface area (Å²) in [5, 5.41) is 12.1. The predicted molar refractivity (Wildman–Crippen MR) is 87.5 cm³/mol. The lowest BCUT2D eigenvalue weighted by molar-refractivity contribution is -0.121. The SMILES string of the molecule is Cc1ccc2c(c1)CCC2NC(=O)Cc1cccc(C(=O)O)c1. The highest BCUT2D eigenvalue weighted by atomic mass is 16.4. The Morgan fingerprint density at radius 2 is 2.04 bits per heavy atom. The molecular formula is C19H19NO3. The van der Waals surface area contributed by atoms with E-state index < -0.39 is 5.97 Å². The van der Waals surface area contributed by atoms with E-state index in [0.717, 1.165) is 12.8 Å². The number of aryl methyl sites for hydroxylation is 2. The van der Waals surface area contributed by atoms with Crippen molar-refractivity contribution >= 4 is 11.9 Å². The first-order valence-corrected chi connectivity index (χ1v) is 7.74. The smallest absolute Gasteiger partial charge is 0.335 e. The molecular weight excluding hydrogens is 290 g/mol. The second-order valence-corrected chi connectivity index (χ2v) is 6.04. The van der Waals surface area contributed by atoms with Gasteiger partial charge in [0.2, 0.25) is 5.91 Å². The number of benzene rings is 2. The molecule has 1 atom stereocenters. The highest BCUT2D eigenvalue weighted by molar-refractivity contribution is 5.88. The molecule has 1 aliphatic rings. The molecule has 0 saturated carbocycles. The van der Waals surface area contributed by atoms with Gasteiger partial charge in [0.15, 0.2) is 0 Å². The van der Waals surface area contributed by atoms with Crippen molar-refractivity contribution in [3.63, 3.8) is 0 Å². The van der Waals surface area contributed by atoms with Gasteiger partial charge in [0.1, 0.15) is 0 Å². The van der Waals surface area contributed by atoms with Crippen LogP contribution in [0.15, 0.2) is 42.5 Å². The third-order valence-electron chi connectivity index (χ3n) is 4.25. The van der Waals surface area contributed by atoms with Crippen LogP contribution in [0.25, 0.3) is 0 Å². The van der Waals surface area contributed by atoms with Crippen LogP contribution < -0.4 is 5.32 Å². The van der Waals surface area contributed by atoms with E-state index in [1.54, 1.807) is 18.2 Å². The summed E-state index contributed by atoms with van der Waals surface area (Å²) in [5.41, 5.74) is 4.66. The molecule has 0 fully saturated rings. The normalized spacial score (nSPS) is 16.0. The van der Waals surface area contributed by atoms with Gasteiger partial charge in [-0.3, -0.25) is 4.79 Å². The van der Waals surface area contributed by atoms with E-state index in [1.165, 1.54) is 22.8 Å². The summed E-state index contributed by atoms with van der Waals surface area (Å²) >= 11 is 0. The maximum atomic E-state index is 12.3. The Bertz CT molecular complexity index is 767. The Hall–Kier alpha value is -2.62. The number of nitrogens with one attached hydrogen (secondary N) is 1. The van der Waals surface area contributed by atoms with Crippen molar-refractivity contribution in [2.24, 2.45) is 0 Å². The van der Waals surface area contributed by atoms with Crippen LogP contribution in [-0.2, 0) is 17.6 Å². The van der Waals surface area contributed by atoms with Crippen LogP contribution in [0.5, 0.6) is 0 Å². The van der Waals surface area contributed by atoms with Gasteiger partial charge in [0, 0.05) is 0 Å². The van der Waals surface area contributed by atoms with E-state index in [2.05, 4.69) is 30.4 Å². The fourth-order valence-corrected chi connectivity index (χ4v) is 3.14. The lowest BCUT2D eigenvalue weighted by Crippen LogP contribution is -2.28. The van der Waals surface area contributed by atoms with Gasteiger partial charge >= 0.3 is 5.97 Å². The minimum atomic E-state index is -0.979. The number of carbonyl (C=O) groups excluding carboxylic acids is 1. The van der Waals surface area contributed by atoms with E-state index in [-0.39, 0.29) is 23.9 Å². The van der Waals surface area contributed by atoms with Crippen molar-refractivity contribution < 1.29 is 14.7 Å². The van der Waals surface area contributed by atoms with Gasteiger partial charge in [-0.2, -0.15) is 0 Å². The quantitative estimate of drug-likeness (QED) is 0.912. The minimum Gasteiger partial charge on any atom is -0.478 e. The highest BCUT2D eigenvalue weighted by Crippen LogP contribution is 2.31. The molecule has 3 rings (SSSR count). The van der Waals surface area contributed by atoms with Gasteiger partial charge < -0.3 is 10.4 Å². The molecule has 2 aromatic rings. The summed E-state index contributed by atoms with van der Waals surface area (Å²) in [6, 6.07) is 12.9. The van der Waals surface area contributed by atoms with Crippen molar-refractivity contribution in [2.45, 2.75) is 32.2 Å². The Labute approximate surface area is 135 Å². The first kappa shape index (κ1) is 15.3. The van der Waals surface area contributed by atoms with Crippen LogP contribution in [0.3, 0.4) is 0 Å². The second kappa shape index (κ2) is 6.24. The first-order chi connectivity index (χ1) is 11.0. The third-order valence-corrected chi connectivity index (χ3v) is 4.25.